The summed E-state index contributed by atoms with van der Waals surface area (Å²) in [6.07, 6.45) is 1.48. The zero-order chi connectivity index (χ0) is 13.8. The van der Waals surface area contributed by atoms with E-state index in [1.165, 1.54) is 17.3 Å². The number of primary amides is 1. The standard InChI is InChI=1S/C15H17N3O/c1-10-3-5-12(6-4-10)11(2)18-14-8-7-13(9-17-14)15(16)19/h3-9,11H,1-2H3,(H2,16,19)(H,17,18). The molecule has 4 heteroatoms. The summed E-state index contributed by atoms with van der Waals surface area (Å²) < 4.78 is 0. The van der Waals surface area contributed by atoms with Gasteiger partial charge < -0.3 is 11.1 Å². The number of anilines is 1. The van der Waals surface area contributed by atoms with E-state index < -0.39 is 5.91 Å². The quantitative estimate of drug-likeness (QED) is 0.882. The fraction of sp³-hybridized carbons (Fsp3) is 0.200. The van der Waals surface area contributed by atoms with Crippen molar-refractivity contribution in [2.45, 2.75) is 19.9 Å². The van der Waals surface area contributed by atoms with E-state index in [0.29, 0.717) is 5.56 Å². The Hall–Kier alpha value is -2.36. The number of rotatable bonds is 4. The third kappa shape index (κ3) is 3.31. The minimum atomic E-state index is -0.467. The Bertz CT molecular complexity index is 561. The van der Waals surface area contributed by atoms with Crippen molar-refractivity contribution in [1.82, 2.24) is 4.98 Å². The van der Waals surface area contributed by atoms with E-state index in [1.54, 1.807) is 12.1 Å². The number of aryl methyl sites for hydroxylation is 1. The highest BCUT2D eigenvalue weighted by atomic mass is 16.1. The van der Waals surface area contributed by atoms with Crippen LogP contribution in [0.25, 0.3) is 0 Å². The fourth-order valence-electron chi connectivity index (χ4n) is 1.79. The van der Waals surface area contributed by atoms with E-state index in [9.17, 15) is 4.79 Å². The van der Waals surface area contributed by atoms with Crippen LogP contribution >= 0.6 is 0 Å². The molecule has 0 radical (unpaired) electrons. The number of benzene rings is 1. The topological polar surface area (TPSA) is 68.0 Å². The van der Waals surface area contributed by atoms with Gasteiger partial charge in [0, 0.05) is 12.2 Å². The Morgan fingerprint density at radius 2 is 1.89 bits per heavy atom. The second-order valence-electron chi connectivity index (χ2n) is 4.57. The minimum Gasteiger partial charge on any atom is -0.366 e. The summed E-state index contributed by atoms with van der Waals surface area (Å²) in [6, 6.07) is 11.9. The van der Waals surface area contributed by atoms with Gasteiger partial charge in [0.15, 0.2) is 0 Å². The third-order valence-electron chi connectivity index (χ3n) is 2.99. The highest BCUT2D eigenvalue weighted by molar-refractivity contribution is 5.92. The molecule has 98 valence electrons. The minimum absolute atomic E-state index is 0.146. The number of nitrogens with one attached hydrogen (secondary N) is 1. The van der Waals surface area contributed by atoms with Crippen molar-refractivity contribution in [2.24, 2.45) is 5.73 Å². The van der Waals surface area contributed by atoms with Crippen molar-refractivity contribution in [3.05, 3.63) is 59.3 Å². The van der Waals surface area contributed by atoms with Crippen LogP contribution in [0, 0.1) is 6.92 Å². The van der Waals surface area contributed by atoms with Crippen molar-refractivity contribution in [3.63, 3.8) is 0 Å². The van der Waals surface area contributed by atoms with Crippen LogP contribution in [0.4, 0.5) is 5.82 Å². The van der Waals surface area contributed by atoms with Crippen LogP contribution in [-0.4, -0.2) is 10.9 Å². The van der Waals surface area contributed by atoms with Crippen LogP contribution in [-0.2, 0) is 0 Å². The Morgan fingerprint density at radius 3 is 2.42 bits per heavy atom. The maximum Gasteiger partial charge on any atom is 0.250 e. The lowest BCUT2D eigenvalue weighted by molar-refractivity contribution is 0.1000. The second kappa shape index (κ2) is 5.52. The summed E-state index contributed by atoms with van der Waals surface area (Å²) in [5, 5.41) is 3.28. The smallest absolute Gasteiger partial charge is 0.250 e. The number of nitrogens with two attached hydrogens (primary N) is 1. The monoisotopic (exact) mass is 255 g/mol. The van der Waals surface area contributed by atoms with Crippen molar-refractivity contribution >= 4 is 11.7 Å². The van der Waals surface area contributed by atoms with Gasteiger partial charge in [-0.25, -0.2) is 4.98 Å². The first-order chi connectivity index (χ1) is 9.06. The fourth-order valence-corrected chi connectivity index (χ4v) is 1.79. The maximum atomic E-state index is 10.9. The summed E-state index contributed by atoms with van der Waals surface area (Å²) in [6.45, 7) is 4.13. The Labute approximate surface area is 112 Å². The van der Waals surface area contributed by atoms with Crippen LogP contribution in [0.5, 0.6) is 0 Å². The van der Waals surface area contributed by atoms with Gasteiger partial charge >= 0.3 is 0 Å². The van der Waals surface area contributed by atoms with E-state index in [1.807, 2.05) is 0 Å². The summed E-state index contributed by atoms with van der Waals surface area (Å²) in [5.74, 6) is 0.253. The molecule has 1 heterocycles. The predicted octanol–water partition coefficient (Wildman–Crippen LogP) is 2.66. The van der Waals surface area contributed by atoms with Gasteiger partial charge in [-0.1, -0.05) is 29.8 Å². The molecule has 2 aromatic rings. The first-order valence-electron chi connectivity index (χ1n) is 6.15. The number of carbonyl (C=O) groups is 1. The van der Waals surface area contributed by atoms with Gasteiger partial charge in [0.1, 0.15) is 5.82 Å². The number of nitrogens with zero attached hydrogens (tertiary/aromatic N) is 1. The molecule has 4 nitrogen and oxygen atoms in total. The van der Waals surface area contributed by atoms with Gasteiger partial charge in [0.2, 0.25) is 5.91 Å². The molecule has 19 heavy (non-hydrogen) atoms. The molecule has 0 fully saturated rings. The van der Waals surface area contributed by atoms with E-state index in [0.717, 1.165) is 5.82 Å². The molecule has 0 bridgehead atoms. The van der Waals surface area contributed by atoms with Gasteiger partial charge in [-0.05, 0) is 31.5 Å². The Balaban J connectivity index is 2.08. The summed E-state index contributed by atoms with van der Waals surface area (Å²) in [4.78, 5) is 15.1. The van der Waals surface area contributed by atoms with Crippen LogP contribution in [0.15, 0.2) is 42.6 Å². The number of aromatic nitrogens is 1. The van der Waals surface area contributed by atoms with Crippen molar-refractivity contribution in [1.29, 1.82) is 0 Å². The molecule has 1 atom stereocenters. The molecular weight excluding hydrogens is 238 g/mol. The molecule has 0 saturated carbocycles. The molecule has 1 unspecified atom stereocenters. The van der Waals surface area contributed by atoms with Crippen LogP contribution < -0.4 is 11.1 Å². The Kier molecular flexibility index (Phi) is 3.80. The third-order valence-corrected chi connectivity index (χ3v) is 2.99. The molecule has 0 aliphatic rings. The van der Waals surface area contributed by atoms with Gasteiger partial charge in [0.25, 0.3) is 0 Å². The molecule has 0 aliphatic carbocycles. The second-order valence-corrected chi connectivity index (χ2v) is 4.57. The predicted molar refractivity (Wildman–Crippen MR) is 76.0 cm³/mol. The molecular formula is C15H17N3O. The zero-order valence-electron chi connectivity index (χ0n) is 11.1. The molecule has 1 amide bonds. The lowest BCUT2D eigenvalue weighted by atomic mass is 10.1. The van der Waals surface area contributed by atoms with E-state index in [2.05, 4.69) is 48.4 Å². The summed E-state index contributed by atoms with van der Waals surface area (Å²) in [7, 11) is 0. The molecule has 2 rings (SSSR count). The summed E-state index contributed by atoms with van der Waals surface area (Å²) >= 11 is 0. The lowest BCUT2D eigenvalue weighted by Crippen LogP contribution is -2.12. The number of carbonyl (C=O) groups excluding carboxylic acids is 1. The molecule has 0 spiro atoms. The number of amides is 1. The number of hydrogen-bond donors (Lipinski definition) is 2. The molecule has 0 saturated heterocycles. The zero-order valence-corrected chi connectivity index (χ0v) is 11.1. The van der Waals surface area contributed by atoms with Gasteiger partial charge in [-0.15, -0.1) is 0 Å². The SMILES string of the molecule is Cc1ccc(C(C)Nc2ccc(C(N)=O)cn2)cc1. The molecule has 1 aromatic carbocycles. The molecule has 1 aromatic heterocycles. The highest BCUT2D eigenvalue weighted by Crippen LogP contribution is 2.18. The normalized spacial score (nSPS) is 11.9. The average Bonchev–Trinajstić information content (AvgIpc) is 2.40. The van der Waals surface area contributed by atoms with Gasteiger partial charge in [-0.3, -0.25) is 4.79 Å². The number of pyridine rings is 1. The van der Waals surface area contributed by atoms with Crippen LogP contribution in [0.2, 0.25) is 0 Å². The van der Waals surface area contributed by atoms with E-state index in [4.69, 9.17) is 5.73 Å². The summed E-state index contributed by atoms with van der Waals surface area (Å²) in [5.41, 5.74) is 8.00. The van der Waals surface area contributed by atoms with E-state index in [-0.39, 0.29) is 6.04 Å². The van der Waals surface area contributed by atoms with E-state index >= 15 is 0 Å². The molecule has 0 aliphatic heterocycles. The Morgan fingerprint density at radius 1 is 1.21 bits per heavy atom. The maximum absolute atomic E-state index is 10.9. The lowest BCUT2D eigenvalue weighted by Gasteiger charge is -2.15. The van der Waals surface area contributed by atoms with Gasteiger partial charge in [-0.2, -0.15) is 0 Å². The van der Waals surface area contributed by atoms with Crippen LogP contribution in [0.3, 0.4) is 0 Å². The van der Waals surface area contributed by atoms with Gasteiger partial charge in [0.05, 0.1) is 5.56 Å². The molecule has 3 N–H and O–H groups in total. The average molecular weight is 255 g/mol. The van der Waals surface area contributed by atoms with Crippen molar-refractivity contribution in [3.8, 4) is 0 Å². The largest absolute Gasteiger partial charge is 0.366 e. The van der Waals surface area contributed by atoms with Crippen molar-refractivity contribution in [2.75, 3.05) is 5.32 Å². The highest BCUT2D eigenvalue weighted by Gasteiger charge is 2.06. The first kappa shape index (κ1) is 13.1. The van der Waals surface area contributed by atoms with Crippen molar-refractivity contribution < 1.29 is 4.79 Å². The number of hydrogen-bond acceptors (Lipinski definition) is 3. The van der Waals surface area contributed by atoms with Crippen LogP contribution in [0.1, 0.15) is 34.5 Å². The first-order valence-corrected chi connectivity index (χ1v) is 6.15.